The zero-order valence-corrected chi connectivity index (χ0v) is 22.1. The van der Waals surface area contributed by atoms with E-state index in [1.807, 2.05) is 109 Å². The summed E-state index contributed by atoms with van der Waals surface area (Å²) in [6.45, 7) is 0. The van der Waals surface area contributed by atoms with Crippen LogP contribution in [0.15, 0.2) is 121 Å². The first-order valence-corrected chi connectivity index (χ1v) is 13.6. The average molecular weight is 553 g/mol. The van der Waals surface area contributed by atoms with Gasteiger partial charge in [-0.25, -0.2) is 17.6 Å². The van der Waals surface area contributed by atoms with Crippen molar-refractivity contribution in [3.05, 3.63) is 145 Å². The highest BCUT2D eigenvalue weighted by atomic mass is 19.2. The van der Waals surface area contributed by atoms with Gasteiger partial charge >= 0.3 is 0 Å². The molecule has 0 radical (unpaired) electrons. The summed E-state index contributed by atoms with van der Waals surface area (Å²) in [4.78, 5) is 0. The molecule has 0 aliphatic heterocycles. The molecule has 0 aliphatic carbocycles. The maximum atomic E-state index is 16.0. The Kier molecular flexibility index (Phi) is 5.35. The van der Waals surface area contributed by atoms with E-state index in [0.29, 0.717) is 21.5 Å². The van der Waals surface area contributed by atoms with Crippen LogP contribution in [0.4, 0.5) is 17.6 Å². The Labute approximate surface area is 238 Å². The van der Waals surface area contributed by atoms with E-state index in [4.69, 9.17) is 0 Å². The van der Waals surface area contributed by atoms with Crippen LogP contribution in [0.5, 0.6) is 0 Å². The van der Waals surface area contributed by atoms with Crippen molar-refractivity contribution in [1.82, 2.24) is 0 Å². The fourth-order valence-electron chi connectivity index (χ4n) is 6.53. The van der Waals surface area contributed by atoms with Gasteiger partial charge in [0.25, 0.3) is 0 Å². The summed E-state index contributed by atoms with van der Waals surface area (Å²) in [6.07, 6.45) is 0. The van der Waals surface area contributed by atoms with Crippen molar-refractivity contribution in [3.63, 3.8) is 0 Å². The summed E-state index contributed by atoms with van der Waals surface area (Å²) in [5.74, 6) is -6.45. The zero-order valence-electron chi connectivity index (χ0n) is 22.1. The molecule has 0 aliphatic rings. The van der Waals surface area contributed by atoms with Gasteiger partial charge in [0.2, 0.25) is 0 Å². The van der Waals surface area contributed by atoms with E-state index < -0.39 is 23.3 Å². The van der Waals surface area contributed by atoms with Gasteiger partial charge in [-0.1, -0.05) is 109 Å². The quantitative estimate of drug-likeness (QED) is 0.0866. The second-order valence-electron chi connectivity index (χ2n) is 10.5. The normalized spacial score (nSPS) is 11.8. The van der Waals surface area contributed by atoms with Crippen LogP contribution in [0, 0.1) is 23.3 Å². The van der Waals surface area contributed by atoms with Crippen molar-refractivity contribution in [2.75, 3.05) is 0 Å². The maximum Gasteiger partial charge on any atom is 0.198 e. The van der Waals surface area contributed by atoms with Crippen LogP contribution in [0.2, 0.25) is 0 Å². The summed E-state index contributed by atoms with van der Waals surface area (Å²) >= 11 is 0. The van der Waals surface area contributed by atoms with Crippen LogP contribution in [0.25, 0.3) is 76.1 Å². The van der Waals surface area contributed by atoms with Crippen molar-refractivity contribution in [3.8, 4) is 22.3 Å². The summed E-state index contributed by atoms with van der Waals surface area (Å²) in [6, 6.07) is 38.3. The first-order valence-electron chi connectivity index (χ1n) is 13.6. The van der Waals surface area contributed by atoms with Crippen molar-refractivity contribution in [2.24, 2.45) is 0 Å². The van der Waals surface area contributed by atoms with Crippen molar-refractivity contribution in [2.45, 2.75) is 0 Å². The van der Waals surface area contributed by atoms with Gasteiger partial charge in [0, 0.05) is 10.8 Å². The van der Waals surface area contributed by atoms with E-state index in [-0.39, 0.29) is 10.8 Å². The lowest BCUT2D eigenvalue weighted by molar-refractivity contribution is 0.418. The molecule has 0 saturated heterocycles. The molecule has 0 amide bonds. The third-order valence-corrected chi connectivity index (χ3v) is 8.31. The Morgan fingerprint density at radius 3 is 1.00 bits per heavy atom. The molecule has 8 rings (SSSR count). The molecule has 0 fully saturated rings. The van der Waals surface area contributed by atoms with E-state index in [1.54, 1.807) is 12.1 Å². The number of hydrogen-bond donors (Lipinski definition) is 0. The monoisotopic (exact) mass is 552 g/mol. The molecule has 0 N–H and O–H groups in total. The summed E-state index contributed by atoms with van der Waals surface area (Å²) in [7, 11) is 0. The van der Waals surface area contributed by atoms with Crippen LogP contribution in [-0.2, 0) is 0 Å². The van der Waals surface area contributed by atoms with Crippen LogP contribution in [0.3, 0.4) is 0 Å². The van der Waals surface area contributed by atoms with E-state index in [9.17, 15) is 8.78 Å². The summed E-state index contributed by atoms with van der Waals surface area (Å²) < 4.78 is 62.0. The van der Waals surface area contributed by atoms with E-state index >= 15 is 8.78 Å². The predicted octanol–water partition coefficient (Wildman–Crippen LogP) is 11.3. The first kappa shape index (κ1) is 24.6. The number of benzene rings is 8. The average Bonchev–Trinajstić information content (AvgIpc) is 3.05. The minimum atomic E-state index is -1.82. The Morgan fingerprint density at radius 1 is 0.286 bits per heavy atom. The van der Waals surface area contributed by atoms with E-state index in [1.165, 1.54) is 0 Å². The zero-order chi connectivity index (χ0) is 28.5. The highest BCUT2D eigenvalue weighted by molar-refractivity contribution is 6.38. The molecule has 0 bridgehead atoms. The number of halogens is 4. The number of rotatable bonds is 2. The van der Waals surface area contributed by atoms with Gasteiger partial charge in [0.15, 0.2) is 23.3 Å². The Hall–Kier alpha value is -5.22. The van der Waals surface area contributed by atoms with Gasteiger partial charge in [-0.05, 0) is 77.5 Å². The largest absolute Gasteiger partial charge is 0.203 e. The van der Waals surface area contributed by atoms with Gasteiger partial charge in [-0.3, -0.25) is 0 Å². The number of fused-ring (bicyclic) bond motifs is 10. The van der Waals surface area contributed by atoms with Gasteiger partial charge in [0.05, 0.1) is 0 Å². The minimum absolute atomic E-state index is 0.272. The molecule has 0 heterocycles. The lowest BCUT2D eigenvalue weighted by atomic mass is 9.84. The third kappa shape index (κ3) is 3.35. The smallest absolute Gasteiger partial charge is 0.198 e. The fraction of sp³-hybridized carbons (Fsp3) is 0. The molecular weight excluding hydrogens is 532 g/mol. The Bertz CT molecular complexity index is 2210. The third-order valence-electron chi connectivity index (χ3n) is 8.31. The number of hydrogen-bond acceptors (Lipinski definition) is 0. The lowest BCUT2D eigenvalue weighted by Gasteiger charge is -2.20. The molecule has 42 heavy (non-hydrogen) atoms. The second-order valence-corrected chi connectivity index (χ2v) is 10.5. The summed E-state index contributed by atoms with van der Waals surface area (Å²) in [5.41, 5.74) is 3.32. The molecule has 0 unspecified atom stereocenters. The van der Waals surface area contributed by atoms with E-state index in [0.717, 1.165) is 43.8 Å². The van der Waals surface area contributed by atoms with Gasteiger partial charge in [-0.2, -0.15) is 0 Å². The minimum Gasteiger partial charge on any atom is -0.203 e. The topological polar surface area (TPSA) is 0 Å². The standard InChI is InChI=1S/C38H20F4/c39-35-33-29-19-27(21-11-3-1-4-12-21)23-15-7-9-17-25(23)31(29)32-26-18-10-8-16-24(26)28(22-13-5-2-6-14-22)20-30(32)34(33)36(40)38(42)37(35)41/h1-20H. The molecule has 0 atom stereocenters. The molecule has 0 nitrogen and oxygen atoms in total. The highest BCUT2D eigenvalue weighted by Gasteiger charge is 2.27. The van der Waals surface area contributed by atoms with Crippen LogP contribution < -0.4 is 0 Å². The SMILES string of the molecule is Fc1c(F)c(F)c2c3cc(-c4ccccc4)c4ccccc4c3c3c4ccccc4c(-c4ccccc4)cc3c2c1F. The molecule has 8 aromatic carbocycles. The van der Waals surface area contributed by atoms with Crippen LogP contribution in [0.1, 0.15) is 0 Å². The van der Waals surface area contributed by atoms with Crippen LogP contribution in [-0.4, -0.2) is 0 Å². The molecule has 4 heteroatoms. The maximum absolute atomic E-state index is 16.0. The first-order chi connectivity index (χ1) is 20.5. The van der Waals surface area contributed by atoms with Gasteiger partial charge in [-0.15, -0.1) is 0 Å². The molecule has 8 aromatic rings. The van der Waals surface area contributed by atoms with Crippen LogP contribution >= 0.6 is 0 Å². The molecular formula is C38H20F4. The van der Waals surface area contributed by atoms with Gasteiger partial charge < -0.3 is 0 Å². The Balaban J connectivity index is 1.74. The van der Waals surface area contributed by atoms with Crippen molar-refractivity contribution in [1.29, 1.82) is 0 Å². The fourth-order valence-corrected chi connectivity index (χ4v) is 6.53. The molecule has 200 valence electrons. The molecule has 0 spiro atoms. The Morgan fingerprint density at radius 2 is 0.619 bits per heavy atom. The summed E-state index contributed by atoms with van der Waals surface area (Å²) in [5, 5.41) is 4.86. The van der Waals surface area contributed by atoms with Crippen molar-refractivity contribution >= 4 is 53.9 Å². The predicted molar refractivity (Wildman–Crippen MR) is 165 cm³/mol. The van der Waals surface area contributed by atoms with Crippen molar-refractivity contribution < 1.29 is 17.6 Å². The lowest BCUT2D eigenvalue weighted by Crippen LogP contribution is -2.01. The highest BCUT2D eigenvalue weighted by Crippen LogP contribution is 2.48. The van der Waals surface area contributed by atoms with Gasteiger partial charge in [0.1, 0.15) is 0 Å². The second kappa shape index (κ2) is 9.15. The molecule has 0 aromatic heterocycles. The van der Waals surface area contributed by atoms with E-state index in [2.05, 4.69) is 0 Å². The molecule has 0 saturated carbocycles.